The highest BCUT2D eigenvalue weighted by molar-refractivity contribution is 5.78. The van der Waals surface area contributed by atoms with E-state index in [9.17, 15) is 4.79 Å². The number of aromatic amines is 1. The molecule has 0 saturated carbocycles. The Labute approximate surface area is 176 Å². The molecule has 2 aliphatic heterocycles. The summed E-state index contributed by atoms with van der Waals surface area (Å²) in [5, 5.41) is 6.95. The molecule has 0 radical (unpaired) electrons. The van der Waals surface area contributed by atoms with Crippen molar-refractivity contribution in [2.24, 2.45) is 0 Å². The zero-order valence-electron chi connectivity index (χ0n) is 17.4. The number of rotatable bonds is 7. The van der Waals surface area contributed by atoms with Crippen LogP contribution in [-0.2, 0) is 16.1 Å². The van der Waals surface area contributed by atoms with E-state index in [1.54, 1.807) is 18.3 Å². The number of morpholine rings is 1. The molecule has 0 atom stereocenters. The summed E-state index contributed by atoms with van der Waals surface area (Å²) in [5.41, 5.74) is 1.16. The van der Waals surface area contributed by atoms with Crippen molar-refractivity contribution in [1.29, 1.82) is 0 Å². The largest absolute Gasteiger partial charge is 0.493 e. The van der Waals surface area contributed by atoms with E-state index in [0.717, 1.165) is 43.9 Å². The number of piperidine rings is 1. The van der Waals surface area contributed by atoms with Gasteiger partial charge in [0.2, 0.25) is 0 Å². The second-order valence-electron chi connectivity index (χ2n) is 7.69. The van der Waals surface area contributed by atoms with Gasteiger partial charge >= 0.3 is 0 Å². The summed E-state index contributed by atoms with van der Waals surface area (Å²) in [7, 11) is 1.62. The Balaban J connectivity index is 1.29. The number of nitrogens with one attached hydrogen (secondary N) is 1. The number of carbonyl (C=O) groups is 1. The molecule has 3 heterocycles. The van der Waals surface area contributed by atoms with Crippen LogP contribution in [-0.4, -0.2) is 84.0 Å². The molecule has 0 bridgehead atoms. The lowest BCUT2D eigenvalue weighted by Crippen LogP contribution is -2.43. The number of nitrogens with zero attached hydrogens (tertiary/aromatic N) is 4. The number of hydrogen-bond donors (Lipinski definition) is 1. The van der Waals surface area contributed by atoms with Crippen LogP contribution in [0, 0.1) is 0 Å². The van der Waals surface area contributed by atoms with E-state index in [4.69, 9.17) is 14.2 Å². The van der Waals surface area contributed by atoms with E-state index < -0.39 is 0 Å². The van der Waals surface area contributed by atoms with Crippen molar-refractivity contribution in [2.45, 2.75) is 25.3 Å². The first-order valence-electron chi connectivity index (χ1n) is 10.5. The van der Waals surface area contributed by atoms with Crippen LogP contribution >= 0.6 is 0 Å². The molecule has 2 saturated heterocycles. The van der Waals surface area contributed by atoms with Crippen LogP contribution in [0.3, 0.4) is 0 Å². The molecular formula is C21H29N5O4. The van der Waals surface area contributed by atoms with Gasteiger partial charge in [-0.05, 0) is 43.6 Å². The molecule has 0 unspecified atom stereocenters. The van der Waals surface area contributed by atoms with Crippen molar-refractivity contribution >= 4 is 5.91 Å². The number of benzene rings is 1. The molecular weight excluding hydrogens is 386 g/mol. The summed E-state index contributed by atoms with van der Waals surface area (Å²) in [4.78, 5) is 20.8. The molecule has 9 nitrogen and oxygen atoms in total. The Hall–Kier alpha value is -2.65. The van der Waals surface area contributed by atoms with E-state index in [2.05, 4.69) is 20.1 Å². The SMILES string of the molecule is COc1cc(CN2CCC(c3ncn[nH]3)CC2)ccc1OCC(=O)N1CCOCC1. The van der Waals surface area contributed by atoms with E-state index in [1.165, 1.54) is 0 Å². The first-order valence-corrected chi connectivity index (χ1v) is 10.5. The lowest BCUT2D eigenvalue weighted by Gasteiger charge is -2.31. The summed E-state index contributed by atoms with van der Waals surface area (Å²) in [6, 6.07) is 5.93. The molecule has 9 heteroatoms. The van der Waals surface area contributed by atoms with Crippen LogP contribution in [0.5, 0.6) is 11.5 Å². The molecule has 30 heavy (non-hydrogen) atoms. The molecule has 1 N–H and O–H groups in total. The third-order valence-electron chi connectivity index (χ3n) is 5.76. The third kappa shape index (κ3) is 5.09. The van der Waals surface area contributed by atoms with E-state index in [-0.39, 0.29) is 12.5 Å². The van der Waals surface area contributed by atoms with Crippen molar-refractivity contribution in [2.75, 3.05) is 53.1 Å². The normalized spacial score (nSPS) is 18.4. The molecule has 2 aromatic rings. The Morgan fingerprint density at radius 2 is 2.00 bits per heavy atom. The van der Waals surface area contributed by atoms with Gasteiger partial charge in [-0.3, -0.25) is 14.8 Å². The van der Waals surface area contributed by atoms with Gasteiger partial charge in [0.15, 0.2) is 18.1 Å². The molecule has 0 spiro atoms. The predicted molar refractivity (Wildman–Crippen MR) is 110 cm³/mol. The maximum absolute atomic E-state index is 12.3. The number of amides is 1. The van der Waals surface area contributed by atoms with Gasteiger partial charge in [0.25, 0.3) is 5.91 Å². The first kappa shape index (κ1) is 20.6. The average Bonchev–Trinajstić information content (AvgIpc) is 3.34. The van der Waals surface area contributed by atoms with Gasteiger partial charge in [-0.25, -0.2) is 4.98 Å². The standard InChI is InChI=1S/C21H29N5O4/c1-28-19-12-16(13-25-6-4-17(5-7-25)21-22-15-23-24-21)2-3-18(19)30-14-20(27)26-8-10-29-11-9-26/h2-3,12,15,17H,4-11,13-14H2,1H3,(H,22,23,24). The summed E-state index contributed by atoms with van der Waals surface area (Å²) < 4.78 is 16.6. The number of aromatic nitrogens is 3. The van der Waals surface area contributed by atoms with Crippen LogP contribution < -0.4 is 9.47 Å². The minimum Gasteiger partial charge on any atom is -0.493 e. The minimum absolute atomic E-state index is 0.00482. The highest BCUT2D eigenvalue weighted by Gasteiger charge is 2.23. The number of ether oxygens (including phenoxy) is 3. The number of methoxy groups -OCH3 is 1. The van der Waals surface area contributed by atoms with Crippen LogP contribution in [0.4, 0.5) is 0 Å². The van der Waals surface area contributed by atoms with Crippen LogP contribution in [0.1, 0.15) is 30.1 Å². The number of likely N-dealkylation sites (tertiary alicyclic amines) is 1. The van der Waals surface area contributed by atoms with Gasteiger partial charge in [0.05, 0.1) is 20.3 Å². The summed E-state index contributed by atoms with van der Waals surface area (Å²) in [6.07, 6.45) is 3.71. The molecule has 0 aliphatic carbocycles. The van der Waals surface area contributed by atoms with Gasteiger partial charge in [0.1, 0.15) is 12.2 Å². The number of H-pyrrole nitrogens is 1. The fraction of sp³-hybridized carbons (Fsp3) is 0.571. The zero-order valence-corrected chi connectivity index (χ0v) is 17.4. The maximum Gasteiger partial charge on any atom is 0.260 e. The van der Waals surface area contributed by atoms with Crippen LogP contribution in [0.2, 0.25) is 0 Å². The topological polar surface area (TPSA) is 92.8 Å². The van der Waals surface area contributed by atoms with Gasteiger partial charge in [-0.1, -0.05) is 6.07 Å². The second-order valence-corrected chi connectivity index (χ2v) is 7.69. The fourth-order valence-electron chi connectivity index (χ4n) is 4.01. The molecule has 2 aliphatic rings. The lowest BCUT2D eigenvalue weighted by atomic mass is 9.96. The van der Waals surface area contributed by atoms with Crippen LogP contribution in [0.25, 0.3) is 0 Å². The highest BCUT2D eigenvalue weighted by Crippen LogP contribution is 2.30. The predicted octanol–water partition coefficient (Wildman–Crippen LogP) is 1.43. The summed E-state index contributed by atoms with van der Waals surface area (Å²) >= 11 is 0. The van der Waals surface area contributed by atoms with E-state index in [0.29, 0.717) is 43.7 Å². The van der Waals surface area contributed by atoms with Crippen molar-refractivity contribution in [3.63, 3.8) is 0 Å². The van der Waals surface area contributed by atoms with Gasteiger partial charge < -0.3 is 19.1 Å². The quantitative estimate of drug-likeness (QED) is 0.731. The summed E-state index contributed by atoms with van der Waals surface area (Å²) in [5.74, 6) is 2.66. The summed E-state index contributed by atoms with van der Waals surface area (Å²) in [6.45, 7) is 5.28. The maximum atomic E-state index is 12.3. The monoisotopic (exact) mass is 415 g/mol. The molecule has 2 fully saturated rings. The Bertz CT molecular complexity index is 815. The van der Waals surface area contributed by atoms with E-state index >= 15 is 0 Å². The highest BCUT2D eigenvalue weighted by atomic mass is 16.5. The van der Waals surface area contributed by atoms with Gasteiger partial charge in [0, 0.05) is 25.6 Å². The van der Waals surface area contributed by atoms with Crippen molar-refractivity contribution in [1.82, 2.24) is 25.0 Å². The Morgan fingerprint density at radius 1 is 1.20 bits per heavy atom. The number of hydrogen-bond acceptors (Lipinski definition) is 7. The van der Waals surface area contributed by atoms with Crippen molar-refractivity contribution < 1.29 is 19.0 Å². The zero-order chi connectivity index (χ0) is 20.8. The second kappa shape index (κ2) is 9.90. The molecule has 1 aromatic carbocycles. The first-order chi connectivity index (χ1) is 14.7. The minimum atomic E-state index is -0.0287. The lowest BCUT2D eigenvalue weighted by molar-refractivity contribution is -0.137. The Morgan fingerprint density at radius 3 is 2.70 bits per heavy atom. The Kier molecular flexibility index (Phi) is 6.81. The third-order valence-corrected chi connectivity index (χ3v) is 5.76. The molecule has 1 amide bonds. The van der Waals surface area contributed by atoms with Crippen LogP contribution in [0.15, 0.2) is 24.5 Å². The molecule has 162 valence electrons. The smallest absolute Gasteiger partial charge is 0.260 e. The molecule has 1 aromatic heterocycles. The van der Waals surface area contributed by atoms with E-state index in [1.807, 2.05) is 18.2 Å². The van der Waals surface area contributed by atoms with Gasteiger partial charge in [-0.15, -0.1) is 0 Å². The number of carbonyl (C=O) groups excluding carboxylic acids is 1. The average molecular weight is 415 g/mol. The van der Waals surface area contributed by atoms with Crippen molar-refractivity contribution in [3.05, 3.63) is 35.9 Å². The fourth-order valence-corrected chi connectivity index (χ4v) is 4.01. The van der Waals surface area contributed by atoms with Gasteiger partial charge in [-0.2, -0.15) is 5.10 Å². The van der Waals surface area contributed by atoms with Crippen molar-refractivity contribution in [3.8, 4) is 11.5 Å². The molecule has 4 rings (SSSR count).